The van der Waals surface area contributed by atoms with Crippen LogP contribution in [0.5, 0.6) is 17.2 Å². The van der Waals surface area contributed by atoms with Crippen molar-refractivity contribution in [2.45, 2.75) is 6.54 Å². The zero-order chi connectivity index (χ0) is 19.5. The number of amides is 1. The summed E-state index contributed by atoms with van der Waals surface area (Å²) >= 11 is 0. The van der Waals surface area contributed by atoms with Gasteiger partial charge in [-0.3, -0.25) is 4.79 Å². The molecule has 3 aromatic rings. The van der Waals surface area contributed by atoms with Crippen molar-refractivity contribution in [1.82, 2.24) is 0 Å². The molecule has 0 aromatic heterocycles. The Morgan fingerprint density at radius 3 is 2.68 bits per heavy atom. The molecule has 1 amide bonds. The minimum absolute atomic E-state index is 0.0399. The van der Waals surface area contributed by atoms with E-state index in [1.54, 1.807) is 19.2 Å². The van der Waals surface area contributed by atoms with Crippen LogP contribution in [0.25, 0.3) is 10.8 Å². The smallest absolute Gasteiger partial charge is 0.279 e. The molecule has 6 nitrogen and oxygen atoms in total. The molecule has 0 bridgehead atoms. The largest absolute Gasteiger partial charge is 0.497 e. The van der Waals surface area contributed by atoms with Crippen LogP contribution in [-0.2, 0) is 11.3 Å². The molecule has 1 aliphatic rings. The van der Waals surface area contributed by atoms with Crippen molar-refractivity contribution in [3.8, 4) is 17.2 Å². The van der Waals surface area contributed by atoms with Crippen LogP contribution in [-0.4, -0.2) is 33.4 Å². The highest BCUT2D eigenvalue weighted by atomic mass is 16.7. The Bertz CT molecular complexity index is 1020. The minimum Gasteiger partial charge on any atom is -0.497 e. The number of methoxy groups -OCH3 is 1. The number of ether oxygens (including phenoxy) is 3. The van der Waals surface area contributed by atoms with E-state index >= 15 is 0 Å². The number of carbonyl (C=O) groups excluding carboxylic acids is 1. The van der Waals surface area contributed by atoms with Crippen molar-refractivity contribution in [3.05, 3.63) is 60.2 Å². The van der Waals surface area contributed by atoms with Crippen LogP contribution in [0.4, 0.5) is 5.69 Å². The molecule has 0 spiro atoms. The number of carbonyl (C=O) groups is 1. The molecular formula is C22H23N2O4+. The van der Waals surface area contributed by atoms with Gasteiger partial charge in [0.25, 0.3) is 5.91 Å². The zero-order valence-corrected chi connectivity index (χ0v) is 16.0. The third kappa shape index (κ3) is 4.02. The Labute approximate surface area is 163 Å². The molecule has 0 fully saturated rings. The molecule has 4 rings (SSSR count). The second-order valence-corrected chi connectivity index (χ2v) is 6.97. The van der Waals surface area contributed by atoms with Gasteiger partial charge in [0.1, 0.15) is 12.3 Å². The predicted octanol–water partition coefficient (Wildman–Crippen LogP) is 2.23. The van der Waals surface area contributed by atoms with Crippen LogP contribution in [0, 0.1) is 0 Å². The summed E-state index contributed by atoms with van der Waals surface area (Å²) in [6.45, 7) is 1.35. The summed E-state index contributed by atoms with van der Waals surface area (Å²) in [7, 11) is 3.68. The Kier molecular flexibility index (Phi) is 5.04. The fraction of sp³-hybridized carbons (Fsp3) is 0.227. The first-order chi connectivity index (χ1) is 13.6. The topological polar surface area (TPSA) is 61.2 Å². The Morgan fingerprint density at radius 1 is 1.04 bits per heavy atom. The van der Waals surface area contributed by atoms with Gasteiger partial charge in [-0.1, -0.05) is 18.2 Å². The van der Waals surface area contributed by atoms with Crippen molar-refractivity contribution < 1.29 is 23.9 Å². The summed E-state index contributed by atoms with van der Waals surface area (Å²) in [5, 5.41) is 5.22. The number of hydrogen-bond donors (Lipinski definition) is 2. The van der Waals surface area contributed by atoms with E-state index in [0.717, 1.165) is 28.0 Å². The Morgan fingerprint density at radius 2 is 1.82 bits per heavy atom. The summed E-state index contributed by atoms with van der Waals surface area (Å²) in [5.74, 6) is 2.17. The van der Waals surface area contributed by atoms with Gasteiger partial charge in [0.15, 0.2) is 18.0 Å². The molecular weight excluding hydrogens is 356 g/mol. The lowest BCUT2D eigenvalue weighted by atomic mass is 10.1. The van der Waals surface area contributed by atoms with Gasteiger partial charge in [-0.05, 0) is 41.1 Å². The maximum Gasteiger partial charge on any atom is 0.279 e. The first-order valence-electron chi connectivity index (χ1n) is 9.18. The first kappa shape index (κ1) is 18.1. The molecule has 3 aromatic carbocycles. The van der Waals surface area contributed by atoms with E-state index in [2.05, 4.69) is 29.6 Å². The highest BCUT2D eigenvalue weighted by Crippen LogP contribution is 2.34. The third-order valence-corrected chi connectivity index (χ3v) is 4.74. The molecule has 0 saturated heterocycles. The summed E-state index contributed by atoms with van der Waals surface area (Å²) in [6.07, 6.45) is 0. The van der Waals surface area contributed by atoms with Crippen LogP contribution < -0.4 is 24.4 Å². The molecule has 2 N–H and O–H groups in total. The van der Waals surface area contributed by atoms with Gasteiger partial charge >= 0.3 is 0 Å². The van der Waals surface area contributed by atoms with Crippen molar-refractivity contribution in [3.63, 3.8) is 0 Å². The van der Waals surface area contributed by atoms with E-state index in [4.69, 9.17) is 14.2 Å². The second kappa shape index (κ2) is 7.78. The van der Waals surface area contributed by atoms with Gasteiger partial charge < -0.3 is 24.4 Å². The van der Waals surface area contributed by atoms with Gasteiger partial charge in [0, 0.05) is 17.3 Å². The van der Waals surface area contributed by atoms with Gasteiger partial charge in [-0.15, -0.1) is 0 Å². The standard InChI is InChI=1S/C22H22N2O4/c1-24(12-15-3-4-17-10-19(26-2)7-5-16(17)9-15)13-22(25)23-18-6-8-20-21(11-18)28-14-27-20/h3-11H,12-14H2,1-2H3,(H,23,25)/p+1. The molecule has 28 heavy (non-hydrogen) atoms. The molecule has 6 heteroatoms. The average molecular weight is 379 g/mol. The monoisotopic (exact) mass is 379 g/mol. The predicted molar refractivity (Wildman–Crippen MR) is 107 cm³/mol. The number of anilines is 1. The van der Waals surface area contributed by atoms with Crippen molar-refractivity contribution in [1.29, 1.82) is 0 Å². The van der Waals surface area contributed by atoms with Crippen LogP contribution >= 0.6 is 0 Å². The van der Waals surface area contributed by atoms with Crippen molar-refractivity contribution in [2.24, 2.45) is 0 Å². The van der Waals surface area contributed by atoms with Gasteiger partial charge in [0.05, 0.1) is 14.2 Å². The second-order valence-electron chi connectivity index (χ2n) is 6.97. The Hall–Kier alpha value is -3.25. The normalized spacial score (nSPS) is 13.4. The highest BCUT2D eigenvalue weighted by Gasteiger charge is 2.16. The first-order valence-corrected chi connectivity index (χ1v) is 9.18. The minimum atomic E-state index is -0.0399. The maximum atomic E-state index is 12.4. The van der Waals surface area contributed by atoms with Gasteiger partial charge in [-0.25, -0.2) is 0 Å². The average Bonchev–Trinajstić information content (AvgIpc) is 3.15. The van der Waals surface area contributed by atoms with E-state index in [0.29, 0.717) is 23.7 Å². The molecule has 0 radical (unpaired) electrons. The number of hydrogen-bond acceptors (Lipinski definition) is 4. The summed E-state index contributed by atoms with van der Waals surface area (Å²) in [4.78, 5) is 13.5. The molecule has 1 heterocycles. The molecule has 0 saturated carbocycles. The van der Waals surface area contributed by atoms with Crippen LogP contribution in [0.3, 0.4) is 0 Å². The molecule has 0 aliphatic carbocycles. The van der Waals surface area contributed by atoms with Crippen molar-refractivity contribution >= 4 is 22.4 Å². The van der Waals surface area contributed by atoms with E-state index in [1.807, 2.05) is 25.2 Å². The van der Waals surface area contributed by atoms with Crippen LogP contribution in [0.15, 0.2) is 54.6 Å². The molecule has 1 unspecified atom stereocenters. The van der Waals surface area contributed by atoms with Crippen LogP contribution in [0.2, 0.25) is 0 Å². The van der Waals surface area contributed by atoms with Crippen LogP contribution in [0.1, 0.15) is 5.56 Å². The zero-order valence-electron chi connectivity index (χ0n) is 16.0. The van der Waals surface area contributed by atoms with E-state index < -0.39 is 0 Å². The number of rotatable bonds is 6. The Balaban J connectivity index is 1.36. The van der Waals surface area contributed by atoms with Gasteiger partial charge in [-0.2, -0.15) is 0 Å². The fourth-order valence-electron chi connectivity index (χ4n) is 3.37. The van der Waals surface area contributed by atoms with E-state index in [1.165, 1.54) is 5.56 Å². The number of nitrogens with one attached hydrogen (secondary N) is 2. The summed E-state index contributed by atoms with van der Waals surface area (Å²) in [5.41, 5.74) is 1.90. The third-order valence-electron chi connectivity index (χ3n) is 4.74. The highest BCUT2D eigenvalue weighted by molar-refractivity contribution is 5.91. The lowest BCUT2D eigenvalue weighted by Crippen LogP contribution is -3.08. The summed E-state index contributed by atoms with van der Waals surface area (Å²) < 4.78 is 15.9. The number of likely N-dealkylation sites (N-methyl/N-ethyl adjacent to an activating group) is 1. The number of fused-ring (bicyclic) bond motifs is 2. The molecule has 144 valence electrons. The molecule has 1 atom stereocenters. The van der Waals surface area contributed by atoms with E-state index in [-0.39, 0.29) is 12.7 Å². The van der Waals surface area contributed by atoms with Crippen molar-refractivity contribution in [2.75, 3.05) is 32.8 Å². The maximum absolute atomic E-state index is 12.4. The van der Waals surface area contributed by atoms with Gasteiger partial charge in [0.2, 0.25) is 6.79 Å². The lowest BCUT2D eigenvalue weighted by molar-refractivity contribution is -0.885. The lowest BCUT2D eigenvalue weighted by Gasteiger charge is -2.14. The number of benzene rings is 3. The fourth-order valence-corrected chi connectivity index (χ4v) is 3.37. The molecule has 1 aliphatic heterocycles. The quantitative estimate of drug-likeness (QED) is 0.690. The SMILES string of the molecule is COc1ccc2cc(C[NH+](C)CC(=O)Nc3ccc4c(c3)OCO4)ccc2c1. The summed E-state index contributed by atoms with van der Waals surface area (Å²) in [6, 6.07) is 17.8. The number of quaternary nitrogens is 1. The van der Waals surface area contributed by atoms with E-state index in [9.17, 15) is 4.79 Å².